The van der Waals surface area contributed by atoms with Gasteiger partial charge in [-0.05, 0) is 59.3 Å². The number of rotatable bonds is 12. The molecule has 0 saturated carbocycles. The van der Waals surface area contributed by atoms with Gasteiger partial charge in [-0.1, -0.05) is 78.9 Å². The maximum absolute atomic E-state index is 12.2. The second-order valence-corrected chi connectivity index (χ2v) is 12.2. The molecule has 1 aliphatic carbocycles. The first-order valence-corrected chi connectivity index (χ1v) is 16.2. The van der Waals surface area contributed by atoms with Crippen molar-refractivity contribution in [1.82, 2.24) is 0 Å². The lowest BCUT2D eigenvalue weighted by atomic mass is 9.80. The summed E-state index contributed by atoms with van der Waals surface area (Å²) in [5.74, 6) is 0.377. The molecule has 0 saturated heterocycles. The molecule has 7 rings (SSSR count). The Balaban J connectivity index is 1.34. The maximum Gasteiger partial charge on any atom is 0.332 e. The number of carboxylic acid groups (broad SMARTS) is 1. The van der Waals surface area contributed by atoms with Crippen molar-refractivity contribution in [3.63, 3.8) is 0 Å². The minimum atomic E-state index is -1.16. The van der Waals surface area contributed by atoms with E-state index in [4.69, 9.17) is 33.5 Å². The van der Waals surface area contributed by atoms with Crippen LogP contribution < -0.4 is 14.2 Å². The lowest BCUT2D eigenvalue weighted by Crippen LogP contribution is -2.35. The minimum absolute atomic E-state index is 0.0392. The second kappa shape index (κ2) is 13.3. The van der Waals surface area contributed by atoms with Crippen LogP contribution in [0.5, 0.6) is 17.2 Å². The van der Waals surface area contributed by atoms with Crippen LogP contribution in [0.2, 0.25) is 0 Å². The van der Waals surface area contributed by atoms with Crippen molar-refractivity contribution in [3.05, 3.63) is 131 Å². The molecule has 0 spiro atoms. The van der Waals surface area contributed by atoms with Crippen molar-refractivity contribution in [2.24, 2.45) is 0 Å². The van der Waals surface area contributed by atoms with E-state index in [1.807, 2.05) is 79.7 Å². The number of carbonyl (C=O) groups is 2. The van der Waals surface area contributed by atoms with Gasteiger partial charge in [-0.3, -0.25) is 0 Å². The third-order valence-electron chi connectivity index (χ3n) is 9.36. The predicted octanol–water partition coefficient (Wildman–Crippen LogP) is 7.11. The van der Waals surface area contributed by atoms with Gasteiger partial charge in [0.05, 0.1) is 20.8 Å². The highest BCUT2D eigenvalue weighted by Gasteiger charge is 2.47. The SMILES string of the molecule is COc1ccc(C2(c3ccc(OC)cc3)C=Cc3c4c(c5ccccc5c3O2)-c2ccccc2C4(C)OCCOC(=O)COCC(=O)O)cc1. The summed E-state index contributed by atoms with van der Waals surface area (Å²) in [5, 5.41) is 10.8. The van der Waals surface area contributed by atoms with E-state index in [1.165, 1.54) is 0 Å². The molecule has 1 unspecified atom stereocenters. The fourth-order valence-electron chi connectivity index (χ4n) is 7.09. The van der Waals surface area contributed by atoms with E-state index in [0.29, 0.717) is 0 Å². The zero-order valence-corrected chi connectivity index (χ0v) is 27.9. The molecule has 0 fully saturated rings. The quantitative estimate of drug-likeness (QED) is 0.110. The Kier molecular flexibility index (Phi) is 8.78. The fraction of sp³-hybridized carbons (Fsp3) is 0.220. The summed E-state index contributed by atoms with van der Waals surface area (Å²) >= 11 is 0. The molecule has 1 heterocycles. The van der Waals surface area contributed by atoms with Gasteiger partial charge < -0.3 is 33.5 Å². The van der Waals surface area contributed by atoms with Gasteiger partial charge in [-0.25, -0.2) is 9.59 Å². The molecule has 5 aromatic rings. The van der Waals surface area contributed by atoms with E-state index in [-0.39, 0.29) is 13.2 Å². The number of methoxy groups -OCH3 is 2. The second-order valence-electron chi connectivity index (χ2n) is 12.2. The van der Waals surface area contributed by atoms with Crippen LogP contribution in [0.25, 0.3) is 28.0 Å². The molecular weight excluding hydrogens is 636 g/mol. The Morgan fingerprint density at radius 2 is 1.38 bits per heavy atom. The summed E-state index contributed by atoms with van der Waals surface area (Å²) in [4.78, 5) is 22.9. The maximum atomic E-state index is 12.2. The van der Waals surface area contributed by atoms with Gasteiger partial charge in [0.2, 0.25) is 0 Å². The van der Waals surface area contributed by atoms with E-state index in [1.54, 1.807) is 14.2 Å². The van der Waals surface area contributed by atoms with Gasteiger partial charge >= 0.3 is 11.9 Å². The van der Waals surface area contributed by atoms with E-state index in [0.717, 1.165) is 67.0 Å². The average molecular weight is 673 g/mol. The standard InChI is InChI=1S/C41H36O9/c1-40(49-23-22-48-36(44)25-47-24-35(42)43)34-11-7-6-10-32(34)37-30-8-4-5-9-31(30)39-33(38(37)40)20-21-41(50-39,26-12-16-28(45-2)17-13-26)27-14-18-29(46-3)19-15-27/h4-21H,22-25H2,1-3H3,(H,42,43). The highest BCUT2D eigenvalue weighted by atomic mass is 16.6. The molecule has 1 aliphatic heterocycles. The van der Waals surface area contributed by atoms with E-state index >= 15 is 0 Å². The molecule has 1 atom stereocenters. The average Bonchev–Trinajstić information content (AvgIpc) is 3.42. The zero-order chi connectivity index (χ0) is 34.9. The number of benzene rings is 5. The van der Waals surface area contributed by atoms with Crippen LogP contribution in [0.3, 0.4) is 0 Å². The third kappa shape index (κ3) is 5.64. The van der Waals surface area contributed by atoms with Crippen LogP contribution in [0.4, 0.5) is 0 Å². The molecule has 2 aliphatic rings. The van der Waals surface area contributed by atoms with Crippen LogP contribution in [0, 0.1) is 0 Å². The number of hydrogen-bond acceptors (Lipinski definition) is 8. The Hall–Kier alpha value is -5.64. The Morgan fingerprint density at radius 3 is 2.02 bits per heavy atom. The van der Waals surface area contributed by atoms with E-state index < -0.39 is 36.4 Å². The Morgan fingerprint density at radius 1 is 0.760 bits per heavy atom. The smallest absolute Gasteiger partial charge is 0.332 e. The summed E-state index contributed by atoms with van der Waals surface area (Å²) in [6, 6.07) is 32.2. The number of ether oxygens (including phenoxy) is 6. The number of aliphatic carboxylic acids is 1. The lowest BCUT2D eigenvalue weighted by molar-refractivity contribution is -0.155. The van der Waals surface area contributed by atoms with Crippen molar-refractivity contribution < 1.29 is 43.1 Å². The van der Waals surface area contributed by atoms with Crippen molar-refractivity contribution in [3.8, 4) is 28.4 Å². The molecule has 0 aromatic heterocycles. The highest BCUT2D eigenvalue weighted by molar-refractivity contribution is 6.08. The molecule has 9 heteroatoms. The van der Waals surface area contributed by atoms with Gasteiger partial charge in [-0.2, -0.15) is 0 Å². The minimum Gasteiger partial charge on any atom is -0.497 e. The molecule has 1 N–H and O–H groups in total. The van der Waals surface area contributed by atoms with Crippen molar-refractivity contribution in [1.29, 1.82) is 0 Å². The molecule has 254 valence electrons. The van der Waals surface area contributed by atoms with Gasteiger partial charge in [0.15, 0.2) is 5.60 Å². The Bertz CT molecular complexity index is 2050. The first kappa shape index (κ1) is 32.9. The van der Waals surface area contributed by atoms with Crippen LogP contribution >= 0.6 is 0 Å². The molecule has 0 amide bonds. The summed E-state index contributed by atoms with van der Waals surface area (Å²) in [6.07, 6.45) is 4.22. The van der Waals surface area contributed by atoms with Crippen molar-refractivity contribution in [2.75, 3.05) is 40.6 Å². The zero-order valence-electron chi connectivity index (χ0n) is 27.9. The van der Waals surface area contributed by atoms with Crippen molar-refractivity contribution >= 4 is 28.8 Å². The van der Waals surface area contributed by atoms with Crippen LogP contribution in [-0.2, 0) is 35.0 Å². The van der Waals surface area contributed by atoms with Crippen LogP contribution in [-0.4, -0.2) is 57.7 Å². The molecule has 9 nitrogen and oxygen atoms in total. The number of carboxylic acids is 1. The largest absolute Gasteiger partial charge is 0.497 e. The fourth-order valence-corrected chi connectivity index (χ4v) is 7.09. The molecule has 5 aromatic carbocycles. The van der Waals surface area contributed by atoms with Gasteiger partial charge in [0.1, 0.15) is 42.7 Å². The normalized spacial score (nSPS) is 16.5. The molecule has 0 radical (unpaired) electrons. The predicted molar refractivity (Wildman–Crippen MR) is 188 cm³/mol. The number of hydrogen-bond donors (Lipinski definition) is 1. The first-order chi connectivity index (χ1) is 24.3. The van der Waals surface area contributed by atoms with E-state index in [2.05, 4.69) is 36.4 Å². The van der Waals surface area contributed by atoms with Gasteiger partial charge in [0.25, 0.3) is 0 Å². The van der Waals surface area contributed by atoms with Crippen LogP contribution in [0.1, 0.15) is 34.7 Å². The van der Waals surface area contributed by atoms with Crippen molar-refractivity contribution in [2.45, 2.75) is 18.1 Å². The molecule has 0 bridgehead atoms. The monoisotopic (exact) mass is 672 g/mol. The van der Waals surface area contributed by atoms with Gasteiger partial charge in [-0.15, -0.1) is 0 Å². The van der Waals surface area contributed by atoms with E-state index in [9.17, 15) is 9.59 Å². The lowest BCUT2D eigenvalue weighted by Gasteiger charge is -2.39. The summed E-state index contributed by atoms with van der Waals surface area (Å²) < 4.78 is 35.1. The number of esters is 1. The topological polar surface area (TPSA) is 110 Å². The molecule has 50 heavy (non-hydrogen) atoms. The third-order valence-corrected chi connectivity index (χ3v) is 9.36. The van der Waals surface area contributed by atoms with Crippen LogP contribution in [0.15, 0.2) is 103 Å². The van der Waals surface area contributed by atoms with Gasteiger partial charge in [0, 0.05) is 27.6 Å². The summed E-state index contributed by atoms with van der Waals surface area (Å²) in [7, 11) is 3.29. The first-order valence-electron chi connectivity index (χ1n) is 16.2. The highest BCUT2D eigenvalue weighted by Crippen LogP contribution is 2.58. The summed E-state index contributed by atoms with van der Waals surface area (Å²) in [5.41, 5.74) is 4.89. The summed E-state index contributed by atoms with van der Waals surface area (Å²) in [6.45, 7) is 1.05. The number of carbonyl (C=O) groups excluding carboxylic acids is 1. The Labute approximate surface area is 289 Å². The molecular formula is C41H36O9. The number of fused-ring (bicyclic) bond motifs is 8.